The number of methoxy groups -OCH3 is 1. The molecule has 0 amide bonds. The fourth-order valence-electron chi connectivity index (χ4n) is 2.91. The summed E-state index contributed by atoms with van der Waals surface area (Å²) in [5, 5.41) is 0. The number of ether oxygens (including phenoxy) is 1. The first-order valence-corrected chi connectivity index (χ1v) is 6.91. The summed E-state index contributed by atoms with van der Waals surface area (Å²) < 4.78 is 18.6. The van der Waals surface area contributed by atoms with Crippen LogP contribution in [0.25, 0.3) is 0 Å². The smallest absolute Gasteiger partial charge is 0.168 e. The lowest BCUT2D eigenvalue weighted by molar-refractivity contribution is -0.144. The molecule has 104 valence electrons. The number of ketones is 1. The second-order valence-electron chi connectivity index (χ2n) is 5.43. The zero-order valence-electron chi connectivity index (χ0n) is 11.7. The Bertz CT molecular complexity index is 462. The average Bonchev–Trinajstić information content (AvgIpc) is 2.42. The van der Waals surface area contributed by atoms with E-state index in [4.69, 9.17) is 4.74 Å². The zero-order chi connectivity index (χ0) is 13.9. The first-order valence-electron chi connectivity index (χ1n) is 6.91. The minimum absolute atomic E-state index is 0.129. The van der Waals surface area contributed by atoms with Crippen molar-refractivity contribution in [3.8, 4) is 0 Å². The lowest BCUT2D eigenvalue weighted by Crippen LogP contribution is -2.43. The van der Waals surface area contributed by atoms with Crippen molar-refractivity contribution in [3.05, 3.63) is 35.1 Å². The fraction of sp³-hybridized carbons (Fsp3) is 0.562. The topological polar surface area (TPSA) is 26.3 Å². The van der Waals surface area contributed by atoms with Gasteiger partial charge in [-0.2, -0.15) is 0 Å². The third-order valence-corrected chi connectivity index (χ3v) is 4.22. The normalized spacial score (nSPS) is 18.3. The van der Waals surface area contributed by atoms with Crippen molar-refractivity contribution in [3.63, 3.8) is 0 Å². The van der Waals surface area contributed by atoms with E-state index in [0.29, 0.717) is 6.42 Å². The van der Waals surface area contributed by atoms with Gasteiger partial charge in [-0.3, -0.25) is 4.79 Å². The van der Waals surface area contributed by atoms with E-state index in [2.05, 4.69) is 0 Å². The van der Waals surface area contributed by atoms with Gasteiger partial charge in [0.15, 0.2) is 5.78 Å². The second kappa shape index (κ2) is 5.83. The summed E-state index contributed by atoms with van der Waals surface area (Å²) >= 11 is 0. The monoisotopic (exact) mass is 264 g/mol. The first-order chi connectivity index (χ1) is 9.07. The standard InChI is InChI=1S/C16H21FO2/c1-12-10-14(17)7-6-13(12)11-15(18)16(19-2)8-4-3-5-9-16/h6-7,10H,3-5,8-9,11H2,1-2H3. The maximum Gasteiger partial charge on any atom is 0.168 e. The van der Waals surface area contributed by atoms with Crippen molar-refractivity contribution in [2.24, 2.45) is 0 Å². The average molecular weight is 264 g/mol. The Kier molecular flexibility index (Phi) is 4.35. The maximum absolute atomic E-state index is 13.1. The molecule has 0 saturated heterocycles. The number of halogens is 1. The van der Waals surface area contributed by atoms with Crippen molar-refractivity contribution < 1.29 is 13.9 Å². The largest absolute Gasteiger partial charge is 0.370 e. The summed E-state index contributed by atoms with van der Waals surface area (Å²) in [4.78, 5) is 12.5. The van der Waals surface area contributed by atoms with E-state index in [-0.39, 0.29) is 11.6 Å². The van der Waals surface area contributed by atoms with Crippen molar-refractivity contribution in [1.29, 1.82) is 0 Å². The highest BCUT2D eigenvalue weighted by molar-refractivity contribution is 5.89. The molecule has 1 aromatic carbocycles. The van der Waals surface area contributed by atoms with Crippen LogP contribution >= 0.6 is 0 Å². The zero-order valence-corrected chi connectivity index (χ0v) is 11.7. The van der Waals surface area contributed by atoms with E-state index in [9.17, 15) is 9.18 Å². The van der Waals surface area contributed by atoms with E-state index in [0.717, 1.165) is 36.8 Å². The summed E-state index contributed by atoms with van der Waals surface area (Å²) in [7, 11) is 1.63. The van der Waals surface area contributed by atoms with Crippen LogP contribution in [0.15, 0.2) is 18.2 Å². The summed E-state index contributed by atoms with van der Waals surface area (Å²) in [6.07, 6.45) is 5.21. The van der Waals surface area contributed by atoms with Crippen LogP contribution in [0.4, 0.5) is 4.39 Å². The number of carbonyl (C=O) groups excluding carboxylic acids is 1. The van der Waals surface area contributed by atoms with E-state index in [1.807, 2.05) is 6.92 Å². The number of benzene rings is 1. The number of Topliss-reactive ketones (excluding diaryl/α,β-unsaturated/α-hetero) is 1. The Balaban J connectivity index is 2.15. The summed E-state index contributed by atoms with van der Waals surface area (Å²) in [6.45, 7) is 1.84. The van der Waals surface area contributed by atoms with Crippen molar-refractivity contribution >= 4 is 5.78 Å². The molecule has 19 heavy (non-hydrogen) atoms. The van der Waals surface area contributed by atoms with E-state index < -0.39 is 5.60 Å². The Labute approximate surface area is 114 Å². The Hall–Kier alpha value is -1.22. The molecule has 0 aliphatic heterocycles. The van der Waals surface area contributed by atoms with E-state index >= 15 is 0 Å². The minimum Gasteiger partial charge on any atom is -0.370 e. The third kappa shape index (κ3) is 3.03. The van der Waals surface area contributed by atoms with Gasteiger partial charge in [-0.05, 0) is 43.0 Å². The van der Waals surface area contributed by atoms with Crippen LogP contribution in [-0.4, -0.2) is 18.5 Å². The molecule has 1 saturated carbocycles. The molecule has 0 unspecified atom stereocenters. The van der Waals surface area contributed by atoms with Crippen LogP contribution < -0.4 is 0 Å². The Morgan fingerprint density at radius 1 is 1.32 bits per heavy atom. The molecule has 1 fully saturated rings. The molecule has 1 aromatic rings. The lowest BCUT2D eigenvalue weighted by atomic mass is 9.79. The molecule has 0 heterocycles. The number of rotatable bonds is 4. The van der Waals surface area contributed by atoms with Gasteiger partial charge in [0.25, 0.3) is 0 Å². The molecule has 0 radical (unpaired) electrons. The highest BCUT2D eigenvalue weighted by Crippen LogP contribution is 2.33. The lowest BCUT2D eigenvalue weighted by Gasteiger charge is -2.34. The molecular formula is C16H21FO2. The first kappa shape index (κ1) is 14.2. The number of hydrogen-bond acceptors (Lipinski definition) is 2. The van der Waals surface area contributed by atoms with Crippen LogP contribution in [0.2, 0.25) is 0 Å². The van der Waals surface area contributed by atoms with Crippen LogP contribution in [0.1, 0.15) is 43.2 Å². The van der Waals surface area contributed by atoms with Crippen LogP contribution in [0.3, 0.4) is 0 Å². The molecule has 2 nitrogen and oxygen atoms in total. The van der Waals surface area contributed by atoms with Gasteiger partial charge in [0.1, 0.15) is 11.4 Å². The van der Waals surface area contributed by atoms with Gasteiger partial charge in [-0.15, -0.1) is 0 Å². The van der Waals surface area contributed by atoms with Crippen molar-refractivity contribution in [2.75, 3.05) is 7.11 Å². The molecule has 0 atom stereocenters. The van der Waals surface area contributed by atoms with E-state index in [1.54, 1.807) is 13.2 Å². The molecule has 0 N–H and O–H groups in total. The molecular weight excluding hydrogens is 243 g/mol. The number of carbonyl (C=O) groups is 1. The van der Waals surface area contributed by atoms with Crippen LogP contribution in [0.5, 0.6) is 0 Å². The molecule has 0 aromatic heterocycles. The maximum atomic E-state index is 13.1. The van der Waals surface area contributed by atoms with Gasteiger partial charge >= 0.3 is 0 Å². The highest BCUT2D eigenvalue weighted by Gasteiger charge is 2.38. The molecule has 0 bridgehead atoms. The predicted octanol–water partition coefficient (Wildman–Crippen LogP) is 3.60. The van der Waals surface area contributed by atoms with Gasteiger partial charge in [-0.1, -0.05) is 25.3 Å². The summed E-state index contributed by atoms with van der Waals surface area (Å²) in [6, 6.07) is 4.59. The van der Waals surface area contributed by atoms with Crippen molar-refractivity contribution in [1.82, 2.24) is 0 Å². The highest BCUT2D eigenvalue weighted by atomic mass is 19.1. The Morgan fingerprint density at radius 3 is 2.58 bits per heavy atom. The quantitative estimate of drug-likeness (QED) is 0.830. The molecule has 1 aliphatic carbocycles. The number of hydrogen-bond donors (Lipinski definition) is 0. The Morgan fingerprint density at radius 2 is 2.00 bits per heavy atom. The number of aryl methyl sites for hydroxylation is 1. The molecule has 2 rings (SSSR count). The van der Waals surface area contributed by atoms with Crippen molar-refractivity contribution in [2.45, 2.75) is 51.0 Å². The van der Waals surface area contributed by atoms with Gasteiger partial charge < -0.3 is 4.74 Å². The van der Waals surface area contributed by atoms with Crippen LogP contribution in [0, 0.1) is 12.7 Å². The third-order valence-electron chi connectivity index (χ3n) is 4.22. The van der Waals surface area contributed by atoms with E-state index in [1.165, 1.54) is 18.6 Å². The second-order valence-corrected chi connectivity index (χ2v) is 5.43. The summed E-state index contributed by atoms with van der Waals surface area (Å²) in [5.74, 6) is -0.128. The molecule has 0 spiro atoms. The molecule has 3 heteroatoms. The minimum atomic E-state index is -0.612. The summed E-state index contributed by atoms with van der Waals surface area (Å²) in [5.41, 5.74) is 1.11. The van der Waals surface area contributed by atoms with Gasteiger partial charge in [-0.25, -0.2) is 4.39 Å². The predicted molar refractivity (Wildman–Crippen MR) is 72.7 cm³/mol. The van der Waals surface area contributed by atoms with Gasteiger partial charge in [0, 0.05) is 13.5 Å². The van der Waals surface area contributed by atoms with Gasteiger partial charge in [0.2, 0.25) is 0 Å². The SMILES string of the molecule is COC1(C(=O)Cc2ccc(F)cc2C)CCCCC1. The molecule has 1 aliphatic rings. The van der Waals surface area contributed by atoms with Crippen LogP contribution in [-0.2, 0) is 16.0 Å². The fourth-order valence-corrected chi connectivity index (χ4v) is 2.91. The van der Waals surface area contributed by atoms with Gasteiger partial charge in [0.05, 0.1) is 0 Å².